The van der Waals surface area contributed by atoms with Gasteiger partial charge in [-0.3, -0.25) is 4.40 Å². The van der Waals surface area contributed by atoms with Crippen molar-refractivity contribution in [2.24, 2.45) is 17.6 Å². The van der Waals surface area contributed by atoms with Crippen LogP contribution in [0.4, 0.5) is 0 Å². The van der Waals surface area contributed by atoms with Crippen molar-refractivity contribution >= 4 is 16.3 Å². The Bertz CT molecular complexity index is 523. The number of fused-ring (bicyclic) bond motifs is 1. The number of rotatable bonds is 6. The van der Waals surface area contributed by atoms with Crippen LogP contribution in [0.1, 0.15) is 57.6 Å². The van der Waals surface area contributed by atoms with Crippen molar-refractivity contribution in [2.75, 3.05) is 0 Å². The lowest BCUT2D eigenvalue weighted by Crippen LogP contribution is -2.35. The van der Waals surface area contributed by atoms with E-state index >= 15 is 0 Å². The van der Waals surface area contributed by atoms with Crippen LogP contribution >= 0.6 is 11.3 Å². The zero-order valence-electron chi connectivity index (χ0n) is 13.0. The number of nitrogens with zero attached hydrogens (tertiary/aromatic N) is 2. The minimum atomic E-state index is 0.279. The maximum Gasteiger partial charge on any atom is 0.193 e. The maximum absolute atomic E-state index is 6.47. The van der Waals surface area contributed by atoms with Crippen LogP contribution in [0.5, 0.6) is 0 Å². The third-order valence-electron chi connectivity index (χ3n) is 5.05. The number of nitrogens with two attached hydrogens (primary N) is 1. The number of hydrogen-bond donors (Lipinski definition) is 1. The van der Waals surface area contributed by atoms with Crippen LogP contribution in [0, 0.1) is 11.8 Å². The first-order chi connectivity index (χ1) is 10.3. The lowest BCUT2D eigenvalue weighted by Gasteiger charge is -2.32. The SMILES string of the molecule is CCCCC1CCC(C(N)Cc2cn3ccsc3n2)CC1. The predicted molar refractivity (Wildman–Crippen MR) is 89.7 cm³/mol. The highest BCUT2D eigenvalue weighted by Gasteiger charge is 2.25. The van der Waals surface area contributed by atoms with Crippen LogP contribution in [0.2, 0.25) is 0 Å². The fourth-order valence-corrected chi connectivity index (χ4v) is 4.40. The third-order valence-corrected chi connectivity index (χ3v) is 5.82. The molecular weight excluding hydrogens is 278 g/mol. The lowest BCUT2D eigenvalue weighted by atomic mass is 9.76. The molecule has 0 aliphatic heterocycles. The second-order valence-electron chi connectivity index (χ2n) is 6.62. The van der Waals surface area contributed by atoms with Crippen molar-refractivity contribution in [3.05, 3.63) is 23.5 Å². The molecule has 3 rings (SSSR count). The summed E-state index contributed by atoms with van der Waals surface area (Å²) in [5, 5.41) is 2.07. The van der Waals surface area contributed by atoms with Crippen molar-refractivity contribution in [1.29, 1.82) is 0 Å². The van der Waals surface area contributed by atoms with E-state index in [-0.39, 0.29) is 6.04 Å². The first kappa shape index (κ1) is 15.0. The quantitative estimate of drug-likeness (QED) is 0.866. The number of thiazole rings is 1. The summed E-state index contributed by atoms with van der Waals surface area (Å²) in [4.78, 5) is 5.75. The van der Waals surface area contributed by atoms with E-state index in [2.05, 4.69) is 34.1 Å². The minimum Gasteiger partial charge on any atom is -0.327 e. The van der Waals surface area contributed by atoms with E-state index in [4.69, 9.17) is 5.73 Å². The molecule has 4 heteroatoms. The van der Waals surface area contributed by atoms with Gasteiger partial charge in [0.15, 0.2) is 4.96 Å². The summed E-state index contributed by atoms with van der Waals surface area (Å²) in [6.07, 6.45) is 14.7. The Morgan fingerprint density at radius 3 is 2.90 bits per heavy atom. The number of unbranched alkanes of at least 4 members (excludes halogenated alkanes) is 1. The fourth-order valence-electron chi connectivity index (χ4n) is 3.68. The van der Waals surface area contributed by atoms with Crippen LogP contribution in [-0.4, -0.2) is 15.4 Å². The molecule has 1 aliphatic rings. The van der Waals surface area contributed by atoms with Crippen molar-refractivity contribution in [3.8, 4) is 0 Å². The Balaban J connectivity index is 1.50. The van der Waals surface area contributed by atoms with Crippen LogP contribution < -0.4 is 5.73 Å². The molecule has 2 aromatic heterocycles. The molecule has 0 aromatic carbocycles. The van der Waals surface area contributed by atoms with E-state index in [0.717, 1.165) is 23.0 Å². The van der Waals surface area contributed by atoms with Crippen LogP contribution in [0.25, 0.3) is 4.96 Å². The Hall–Kier alpha value is -0.870. The van der Waals surface area contributed by atoms with Crippen LogP contribution in [0.3, 0.4) is 0 Å². The van der Waals surface area contributed by atoms with Gasteiger partial charge in [-0.1, -0.05) is 39.0 Å². The fraction of sp³-hybridized carbons (Fsp3) is 0.706. The monoisotopic (exact) mass is 305 g/mol. The average molecular weight is 305 g/mol. The topological polar surface area (TPSA) is 43.3 Å². The number of imidazole rings is 1. The summed E-state index contributed by atoms with van der Waals surface area (Å²) in [6, 6.07) is 0.279. The zero-order chi connectivity index (χ0) is 14.7. The predicted octanol–water partition coefficient (Wildman–Crippen LogP) is 4.26. The molecule has 2 N–H and O–H groups in total. The number of aromatic nitrogens is 2. The molecule has 0 bridgehead atoms. The standard InChI is InChI=1S/C17H27N3S/c1-2-3-4-13-5-7-14(8-6-13)16(18)11-15-12-20-9-10-21-17(20)19-15/h9-10,12-14,16H,2-8,11,18H2,1H3. The second-order valence-corrected chi connectivity index (χ2v) is 7.49. The van der Waals surface area contributed by atoms with E-state index in [0.29, 0.717) is 5.92 Å². The molecule has 116 valence electrons. The highest BCUT2D eigenvalue weighted by atomic mass is 32.1. The van der Waals surface area contributed by atoms with E-state index in [1.807, 2.05) is 0 Å². The summed E-state index contributed by atoms with van der Waals surface area (Å²) in [6.45, 7) is 2.29. The van der Waals surface area contributed by atoms with Gasteiger partial charge in [-0.2, -0.15) is 0 Å². The highest BCUT2D eigenvalue weighted by molar-refractivity contribution is 7.15. The smallest absolute Gasteiger partial charge is 0.193 e. The first-order valence-electron chi connectivity index (χ1n) is 8.43. The van der Waals surface area contributed by atoms with Crippen molar-refractivity contribution in [2.45, 2.75) is 64.3 Å². The molecule has 3 nitrogen and oxygen atoms in total. The molecule has 2 aromatic rings. The lowest BCUT2D eigenvalue weighted by molar-refractivity contribution is 0.230. The first-order valence-corrected chi connectivity index (χ1v) is 9.31. The summed E-state index contributed by atoms with van der Waals surface area (Å²) in [7, 11) is 0. The van der Waals surface area contributed by atoms with Gasteiger partial charge in [-0.25, -0.2) is 4.98 Å². The van der Waals surface area contributed by atoms with Gasteiger partial charge in [0, 0.05) is 30.2 Å². The van der Waals surface area contributed by atoms with Crippen LogP contribution in [0.15, 0.2) is 17.8 Å². The zero-order valence-corrected chi connectivity index (χ0v) is 13.8. The van der Waals surface area contributed by atoms with Gasteiger partial charge in [0.05, 0.1) is 5.69 Å². The summed E-state index contributed by atoms with van der Waals surface area (Å²) < 4.78 is 2.11. The third kappa shape index (κ3) is 3.67. The van der Waals surface area contributed by atoms with Gasteiger partial charge >= 0.3 is 0 Å². The molecular formula is C17H27N3S. The Morgan fingerprint density at radius 1 is 1.38 bits per heavy atom. The van der Waals surface area contributed by atoms with Crippen LogP contribution in [-0.2, 0) is 6.42 Å². The normalized spacial score (nSPS) is 24.5. The largest absolute Gasteiger partial charge is 0.327 e. The molecule has 1 unspecified atom stereocenters. The Kier molecular flexibility index (Phi) is 4.96. The summed E-state index contributed by atoms with van der Waals surface area (Å²) >= 11 is 1.69. The molecule has 1 atom stereocenters. The molecule has 1 saturated carbocycles. The highest BCUT2D eigenvalue weighted by Crippen LogP contribution is 2.33. The summed E-state index contributed by atoms with van der Waals surface area (Å²) in [5.41, 5.74) is 7.63. The molecule has 21 heavy (non-hydrogen) atoms. The Labute approximate surface area is 131 Å². The number of hydrogen-bond acceptors (Lipinski definition) is 3. The summed E-state index contributed by atoms with van der Waals surface area (Å²) in [5.74, 6) is 1.66. The van der Waals surface area contributed by atoms with Gasteiger partial charge in [0.25, 0.3) is 0 Å². The van der Waals surface area contributed by atoms with Gasteiger partial charge in [-0.15, -0.1) is 11.3 Å². The van der Waals surface area contributed by atoms with Gasteiger partial charge < -0.3 is 5.73 Å². The van der Waals surface area contributed by atoms with Crippen molar-refractivity contribution in [3.63, 3.8) is 0 Å². The van der Waals surface area contributed by atoms with Crippen molar-refractivity contribution < 1.29 is 0 Å². The minimum absolute atomic E-state index is 0.279. The molecule has 0 spiro atoms. The molecule has 0 saturated heterocycles. The van der Waals surface area contributed by atoms with Gasteiger partial charge in [0.1, 0.15) is 0 Å². The molecule has 0 amide bonds. The van der Waals surface area contributed by atoms with Gasteiger partial charge in [0.2, 0.25) is 0 Å². The molecule has 0 radical (unpaired) electrons. The molecule has 1 fully saturated rings. The van der Waals surface area contributed by atoms with E-state index in [9.17, 15) is 0 Å². The second kappa shape index (κ2) is 6.93. The van der Waals surface area contributed by atoms with Gasteiger partial charge in [-0.05, 0) is 24.7 Å². The van der Waals surface area contributed by atoms with E-state index in [1.54, 1.807) is 11.3 Å². The van der Waals surface area contributed by atoms with Crippen molar-refractivity contribution in [1.82, 2.24) is 9.38 Å². The molecule has 1 aliphatic carbocycles. The molecule has 2 heterocycles. The Morgan fingerprint density at radius 2 is 2.19 bits per heavy atom. The van der Waals surface area contributed by atoms with E-state index < -0.39 is 0 Å². The van der Waals surface area contributed by atoms with E-state index in [1.165, 1.54) is 44.9 Å². The average Bonchev–Trinajstić information content (AvgIpc) is 3.06. The maximum atomic E-state index is 6.47.